The maximum Gasteiger partial charge on any atom is 0 e. The first kappa shape index (κ1) is 9.25. The van der Waals surface area contributed by atoms with Gasteiger partial charge >= 0.3 is 0 Å². The second kappa shape index (κ2) is 3.44. The van der Waals surface area contributed by atoms with E-state index in [0.29, 0.717) is 0 Å². The summed E-state index contributed by atoms with van der Waals surface area (Å²) in [4.78, 5) is 0. The van der Waals surface area contributed by atoms with Gasteiger partial charge in [0, 0.05) is 21.1 Å². The summed E-state index contributed by atoms with van der Waals surface area (Å²) in [6.45, 7) is 0. The van der Waals surface area contributed by atoms with Gasteiger partial charge in [-0.1, -0.05) is 31.6 Å². The quantitative estimate of drug-likeness (QED) is 0.598. The Morgan fingerprint density at radius 1 is 0.750 bits per heavy atom. The third kappa shape index (κ3) is 1.52. The molecular formula is C11H17W-. The molecule has 0 saturated heterocycles. The van der Waals surface area contributed by atoms with Crippen LogP contribution in [0.3, 0.4) is 0 Å². The zero-order valence-corrected chi connectivity index (χ0v) is 10.5. The molecule has 4 fully saturated rings. The van der Waals surface area contributed by atoms with E-state index in [-0.39, 0.29) is 21.1 Å². The van der Waals surface area contributed by atoms with Gasteiger partial charge in [-0.3, -0.25) is 0 Å². The van der Waals surface area contributed by atoms with Crippen molar-refractivity contribution >= 4 is 0 Å². The summed E-state index contributed by atoms with van der Waals surface area (Å²) >= 11 is 0. The predicted molar refractivity (Wildman–Crippen MR) is 46.0 cm³/mol. The van der Waals surface area contributed by atoms with Gasteiger partial charge in [0.15, 0.2) is 0 Å². The fraction of sp³-hybridized carbons (Fsp3) is 0.909. The molecular weight excluding hydrogens is 316 g/mol. The molecule has 0 aromatic heterocycles. The molecule has 0 heterocycles. The number of hydrogen-bond donors (Lipinski definition) is 0. The third-order valence-electron chi connectivity index (χ3n) is 4.07. The van der Waals surface area contributed by atoms with Gasteiger partial charge in [0.25, 0.3) is 0 Å². The molecule has 0 aromatic rings. The van der Waals surface area contributed by atoms with E-state index in [9.17, 15) is 0 Å². The van der Waals surface area contributed by atoms with E-state index in [1.807, 2.05) is 0 Å². The Hall–Kier alpha value is 0.688. The van der Waals surface area contributed by atoms with Gasteiger partial charge in [-0.25, -0.2) is 0 Å². The summed E-state index contributed by atoms with van der Waals surface area (Å²) in [7, 11) is 0. The summed E-state index contributed by atoms with van der Waals surface area (Å²) in [6.07, 6.45) is 11.9. The van der Waals surface area contributed by atoms with E-state index < -0.39 is 0 Å². The zero-order chi connectivity index (χ0) is 7.26. The van der Waals surface area contributed by atoms with Gasteiger partial charge < -0.3 is 6.42 Å². The van der Waals surface area contributed by atoms with Crippen LogP contribution < -0.4 is 0 Å². The number of hydrogen-bond acceptors (Lipinski definition) is 0. The van der Waals surface area contributed by atoms with Crippen LogP contribution in [0.25, 0.3) is 0 Å². The molecule has 4 rings (SSSR count). The first-order valence-corrected chi connectivity index (χ1v) is 5.23. The van der Waals surface area contributed by atoms with E-state index in [1.54, 1.807) is 32.1 Å². The Kier molecular flexibility index (Phi) is 2.66. The summed E-state index contributed by atoms with van der Waals surface area (Å²) in [5.41, 5.74) is 0. The minimum atomic E-state index is 0. The van der Waals surface area contributed by atoms with Crippen LogP contribution in [-0.2, 0) is 21.1 Å². The van der Waals surface area contributed by atoms with Crippen molar-refractivity contribution in [3.05, 3.63) is 6.42 Å². The molecule has 1 heteroatoms. The second-order valence-corrected chi connectivity index (χ2v) is 5.01. The van der Waals surface area contributed by atoms with Crippen LogP contribution in [-0.4, -0.2) is 0 Å². The van der Waals surface area contributed by atoms with Crippen molar-refractivity contribution in [1.29, 1.82) is 0 Å². The molecule has 0 amide bonds. The predicted octanol–water partition coefficient (Wildman–Crippen LogP) is 3.03. The molecule has 12 heavy (non-hydrogen) atoms. The topological polar surface area (TPSA) is 0 Å². The van der Waals surface area contributed by atoms with Gasteiger partial charge in [0.1, 0.15) is 0 Å². The average molecular weight is 333 g/mol. The molecule has 68 valence electrons. The van der Waals surface area contributed by atoms with Crippen LogP contribution in [0.15, 0.2) is 0 Å². The molecule has 4 aliphatic rings. The molecule has 2 atom stereocenters. The Bertz CT molecular complexity index is 132. The largest absolute Gasteiger partial charge is 0.325 e. The van der Waals surface area contributed by atoms with Crippen LogP contribution in [0.2, 0.25) is 0 Å². The first-order chi connectivity index (χ1) is 5.40. The van der Waals surface area contributed by atoms with Crippen molar-refractivity contribution in [2.24, 2.45) is 23.7 Å². The second-order valence-electron chi connectivity index (χ2n) is 5.01. The minimum absolute atomic E-state index is 0. The maximum atomic E-state index is 2.64. The van der Waals surface area contributed by atoms with Crippen molar-refractivity contribution in [2.75, 3.05) is 0 Å². The van der Waals surface area contributed by atoms with Crippen molar-refractivity contribution in [1.82, 2.24) is 0 Å². The Balaban J connectivity index is 0.000000563. The van der Waals surface area contributed by atoms with E-state index in [1.165, 1.54) is 6.42 Å². The standard InChI is InChI=1S/C11H17.W/c1-2-9-5-10-3-8(1)4-11(6-9)7-10;/h1,8-11H,2-7H2;/q-1;. The molecule has 0 aromatic carbocycles. The summed E-state index contributed by atoms with van der Waals surface area (Å²) < 4.78 is 0. The number of rotatable bonds is 0. The summed E-state index contributed by atoms with van der Waals surface area (Å²) in [5.74, 6) is 4.41. The maximum absolute atomic E-state index is 2.64. The Morgan fingerprint density at radius 3 is 2.00 bits per heavy atom. The van der Waals surface area contributed by atoms with E-state index in [0.717, 1.165) is 23.7 Å². The fourth-order valence-electron chi connectivity index (χ4n) is 3.81. The molecule has 4 aliphatic carbocycles. The molecule has 0 aliphatic heterocycles. The van der Waals surface area contributed by atoms with Crippen LogP contribution in [0.1, 0.15) is 38.5 Å². The first-order valence-electron chi connectivity index (χ1n) is 5.23. The van der Waals surface area contributed by atoms with Crippen molar-refractivity contribution < 1.29 is 21.1 Å². The molecule has 4 saturated carbocycles. The normalized spacial score (nSPS) is 50.0. The van der Waals surface area contributed by atoms with Crippen LogP contribution >= 0.6 is 0 Å². The Labute approximate surface area is 89.8 Å². The van der Waals surface area contributed by atoms with Crippen LogP contribution in [0.5, 0.6) is 0 Å². The molecule has 2 unspecified atom stereocenters. The van der Waals surface area contributed by atoms with Gasteiger partial charge in [-0.15, -0.1) is 0 Å². The van der Waals surface area contributed by atoms with E-state index >= 15 is 0 Å². The van der Waals surface area contributed by atoms with Gasteiger partial charge in [-0.05, 0) is 18.3 Å². The average Bonchev–Trinajstić information content (AvgIpc) is 2.18. The van der Waals surface area contributed by atoms with Gasteiger partial charge in [-0.2, -0.15) is 12.3 Å². The van der Waals surface area contributed by atoms with Crippen LogP contribution in [0, 0.1) is 30.1 Å². The minimum Gasteiger partial charge on any atom is -0.325 e. The zero-order valence-electron chi connectivity index (χ0n) is 7.54. The van der Waals surface area contributed by atoms with Crippen molar-refractivity contribution in [3.8, 4) is 0 Å². The molecule has 0 radical (unpaired) electrons. The molecule has 0 nitrogen and oxygen atoms in total. The molecule has 0 N–H and O–H groups in total. The molecule has 0 spiro atoms. The van der Waals surface area contributed by atoms with E-state index in [4.69, 9.17) is 0 Å². The third-order valence-corrected chi connectivity index (χ3v) is 4.07. The van der Waals surface area contributed by atoms with Crippen molar-refractivity contribution in [2.45, 2.75) is 38.5 Å². The smallest absolute Gasteiger partial charge is 0 e. The fourth-order valence-corrected chi connectivity index (χ4v) is 3.81. The SMILES string of the molecule is [CH-]1CC2CC3CC1CC(C2)C3.[W]. The van der Waals surface area contributed by atoms with Crippen molar-refractivity contribution in [3.63, 3.8) is 0 Å². The number of fused-ring (bicyclic) bond motifs is 1. The van der Waals surface area contributed by atoms with Crippen LogP contribution in [0.4, 0.5) is 0 Å². The van der Waals surface area contributed by atoms with Gasteiger partial charge in [0.05, 0.1) is 0 Å². The Morgan fingerprint density at radius 2 is 1.33 bits per heavy atom. The molecule has 4 bridgehead atoms. The van der Waals surface area contributed by atoms with Gasteiger partial charge in [0.2, 0.25) is 0 Å². The summed E-state index contributed by atoms with van der Waals surface area (Å²) in [6, 6.07) is 0. The monoisotopic (exact) mass is 333 g/mol. The van der Waals surface area contributed by atoms with E-state index in [2.05, 4.69) is 6.42 Å². The summed E-state index contributed by atoms with van der Waals surface area (Å²) in [5, 5.41) is 0.